The van der Waals surface area contributed by atoms with E-state index >= 15 is 0 Å². The van der Waals surface area contributed by atoms with Crippen LogP contribution in [-0.4, -0.2) is 179 Å². The topological polar surface area (TPSA) is 240 Å². The number of nitrogens with two attached hydrogens (primary N) is 1. The third-order valence-corrected chi connectivity index (χ3v) is 11.3. The summed E-state index contributed by atoms with van der Waals surface area (Å²) < 4.78 is 41.2. The summed E-state index contributed by atoms with van der Waals surface area (Å²) in [6.45, 7) is 13.4. The summed E-state index contributed by atoms with van der Waals surface area (Å²) in [7, 11) is 1.71. The molecule has 5 N–H and O–H groups in total. The van der Waals surface area contributed by atoms with Gasteiger partial charge in [-0.1, -0.05) is 45.2 Å². The lowest BCUT2D eigenvalue weighted by Gasteiger charge is -2.35. The zero-order valence-electron chi connectivity index (χ0n) is 40.5. The number of fused-ring (bicyclic) bond motifs is 1. The molecule has 0 bridgehead atoms. The van der Waals surface area contributed by atoms with E-state index in [9.17, 15) is 19.2 Å². The van der Waals surface area contributed by atoms with E-state index in [0.29, 0.717) is 118 Å². The Kier molecular flexibility index (Phi) is 26.8. The minimum Gasteiger partial charge on any atom is -0.496 e. The Morgan fingerprint density at radius 1 is 0.750 bits per heavy atom. The highest BCUT2D eigenvalue weighted by Crippen LogP contribution is 2.27. The fraction of sp³-hybridized carbons (Fsp3) is 0.667. The van der Waals surface area contributed by atoms with Crippen molar-refractivity contribution in [1.29, 1.82) is 0 Å². The second-order valence-electron chi connectivity index (χ2n) is 16.6. The quantitative estimate of drug-likeness (QED) is 0.0608. The largest absolute Gasteiger partial charge is 0.496 e. The van der Waals surface area contributed by atoms with Crippen LogP contribution in [0.3, 0.4) is 0 Å². The van der Waals surface area contributed by atoms with Gasteiger partial charge in [0, 0.05) is 69.9 Å². The van der Waals surface area contributed by atoms with Crippen LogP contribution < -0.4 is 21.1 Å². The van der Waals surface area contributed by atoms with Gasteiger partial charge in [-0.05, 0) is 30.5 Å². The number of methoxy groups -OCH3 is 1. The fourth-order valence-electron chi connectivity index (χ4n) is 7.54. The van der Waals surface area contributed by atoms with E-state index in [-0.39, 0.29) is 31.2 Å². The number of nitrogens with zero attached hydrogens (tertiary/aromatic N) is 5. The molecular formula is C48H76N8O12. The molecule has 0 spiro atoms. The number of hydrogen-bond donors (Lipinski definition) is 4. The van der Waals surface area contributed by atoms with Crippen molar-refractivity contribution < 1.29 is 57.4 Å². The van der Waals surface area contributed by atoms with Gasteiger partial charge in [-0.15, -0.1) is 0 Å². The van der Waals surface area contributed by atoms with E-state index in [1.807, 2.05) is 11.0 Å². The number of carboxylic acid groups (broad SMARTS) is 1. The van der Waals surface area contributed by atoms with Gasteiger partial charge in [-0.2, -0.15) is 0 Å². The first-order valence-corrected chi connectivity index (χ1v) is 24.1. The number of nitrogen functional groups attached to an aromatic ring is 1. The highest BCUT2D eigenvalue weighted by molar-refractivity contribution is 5.83. The van der Waals surface area contributed by atoms with E-state index in [0.717, 1.165) is 66.1 Å². The lowest BCUT2D eigenvalue weighted by atomic mass is 10.1. The molecule has 0 radical (unpaired) electrons. The number of piperazine rings is 1. The van der Waals surface area contributed by atoms with E-state index in [1.165, 1.54) is 26.2 Å². The Morgan fingerprint density at radius 2 is 1.38 bits per heavy atom. The summed E-state index contributed by atoms with van der Waals surface area (Å²) in [6, 6.07) is 8.43. The molecule has 1 aliphatic heterocycles. The highest BCUT2D eigenvalue weighted by atomic mass is 16.6. The zero-order valence-corrected chi connectivity index (χ0v) is 40.5. The molecule has 1 aliphatic rings. The number of aryl methyl sites for hydroxylation is 1. The molecule has 1 aromatic carbocycles. The maximum atomic E-state index is 12.9. The number of aromatic nitrogens is 3. The van der Waals surface area contributed by atoms with Crippen LogP contribution in [0.5, 0.6) is 5.75 Å². The molecule has 0 saturated carbocycles. The van der Waals surface area contributed by atoms with Crippen LogP contribution in [0, 0.1) is 5.92 Å². The van der Waals surface area contributed by atoms with Crippen molar-refractivity contribution in [3.8, 4) is 5.75 Å². The molecule has 1 fully saturated rings. The van der Waals surface area contributed by atoms with Crippen LogP contribution in [0.4, 0.5) is 5.95 Å². The smallest absolute Gasteiger partial charge is 0.304 e. The Labute approximate surface area is 400 Å². The molecule has 1 unspecified atom stereocenters. The standard InChI is InChI=1S/C48H76N8O12/c1-4-5-6-7-8-40-46-41(53-48(49)52-40)12-16-56(46)36-39-10-9-38(34-42(39)62-3)35-54-17-19-55(20-18-54)44(58)13-21-63-23-25-65-27-29-67-31-32-68-30-28-66-26-24-64-22-15-50-43(57)11-14-51-47(61)37(2)33-45(59)60/h9-10,12,16,34,37H,4-8,11,13-15,17-33,35-36H2,1-3H3,(H,50,57)(H,51,61)(H,59,60)(H2,49,52,53). The summed E-state index contributed by atoms with van der Waals surface area (Å²) in [4.78, 5) is 60.6. The number of rotatable bonds is 37. The Balaban J connectivity index is 0.934. The van der Waals surface area contributed by atoms with Gasteiger partial charge in [0.15, 0.2) is 0 Å². The normalized spacial score (nSPS) is 13.5. The van der Waals surface area contributed by atoms with Gasteiger partial charge in [-0.25, -0.2) is 9.97 Å². The van der Waals surface area contributed by atoms with E-state index in [2.05, 4.69) is 61.4 Å². The van der Waals surface area contributed by atoms with Gasteiger partial charge in [0.1, 0.15) is 5.75 Å². The highest BCUT2D eigenvalue weighted by Gasteiger charge is 2.22. The number of benzene rings is 1. The number of nitrogens with one attached hydrogen (secondary N) is 2. The van der Waals surface area contributed by atoms with Crippen LogP contribution in [0.2, 0.25) is 0 Å². The molecular weight excluding hydrogens is 881 g/mol. The monoisotopic (exact) mass is 957 g/mol. The van der Waals surface area contributed by atoms with Gasteiger partial charge in [-0.3, -0.25) is 24.1 Å². The molecule has 380 valence electrons. The summed E-state index contributed by atoms with van der Waals surface area (Å²) in [5.41, 5.74) is 11.2. The number of unbranched alkanes of at least 4 members (excludes halogenated alkanes) is 3. The zero-order chi connectivity index (χ0) is 48.8. The summed E-state index contributed by atoms with van der Waals surface area (Å²) >= 11 is 0. The van der Waals surface area contributed by atoms with Crippen LogP contribution in [-0.2, 0) is 67.1 Å². The van der Waals surface area contributed by atoms with E-state index in [1.54, 1.807) is 7.11 Å². The lowest BCUT2D eigenvalue weighted by Crippen LogP contribution is -2.48. The molecule has 3 heterocycles. The molecule has 68 heavy (non-hydrogen) atoms. The Bertz CT molecular complexity index is 1940. The van der Waals surface area contributed by atoms with Crippen LogP contribution in [0.25, 0.3) is 11.0 Å². The minimum absolute atomic E-state index is 0.0936. The molecule has 2 aromatic heterocycles. The number of ether oxygens (including phenoxy) is 7. The first kappa shape index (κ1) is 55.6. The van der Waals surface area contributed by atoms with Crippen molar-refractivity contribution in [2.75, 3.05) is 131 Å². The number of hydrogen-bond acceptors (Lipinski definition) is 15. The number of carboxylic acids is 1. The van der Waals surface area contributed by atoms with Gasteiger partial charge in [0.05, 0.1) is 123 Å². The van der Waals surface area contributed by atoms with E-state index in [4.69, 9.17) is 44.0 Å². The maximum Gasteiger partial charge on any atom is 0.304 e. The number of carbonyl (C=O) groups excluding carboxylic acids is 3. The maximum absolute atomic E-state index is 12.9. The van der Waals surface area contributed by atoms with Crippen molar-refractivity contribution in [1.82, 2.24) is 35.0 Å². The SMILES string of the molecule is CCCCCCc1nc(N)nc2ccn(Cc3ccc(CN4CCN(C(=O)CCOCCOCCOCCOCCOCCOCCNC(=O)CCNC(=O)C(C)CC(=O)O)CC4)cc3OC)c12. The molecule has 3 amide bonds. The molecule has 20 nitrogen and oxygen atoms in total. The number of anilines is 1. The Morgan fingerprint density at radius 3 is 2.00 bits per heavy atom. The first-order chi connectivity index (χ1) is 33.1. The third-order valence-electron chi connectivity index (χ3n) is 11.3. The lowest BCUT2D eigenvalue weighted by molar-refractivity contribution is -0.140. The molecule has 20 heteroatoms. The van der Waals surface area contributed by atoms with Crippen molar-refractivity contribution >= 4 is 40.7 Å². The average molecular weight is 957 g/mol. The summed E-state index contributed by atoms with van der Waals surface area (Å²) in [6.07, 6.45) is 7.73. The third kappa shape index (κ3) is 21.6. The molecule has 3 aromatic rings. The van der Waals surface area contributed by atoms with Crippen LogP contribution >= 0.6 is 0 Å². The van der Waals surface area contributed by atoms with Gasteiger partial charge in [0.2, 0.25) is 23.7 Å². The van der Waals surface area contributed by atoms with Gasteiger partial charge >= 0.3 is 5.97 Å². The van der Waals surface area contributed by atoms with Crippen molar-refractivity contribution in [3.05, 3.63) is 47.3 Å². The van der Waals surface area contributed by atoms with Gasteiger partial charge in [0.25, 0.3) is 0 Å². The predicted octanol–water partition coefficient (Wildman–Crippen LogP) is 3.06. The molecule has 4 rings (SSSR count). The van der Waals surface area contributed by atoms with Gasteiger partial charge < -0.3 is 64.1 Å². The molecule has 1 saturated heterocycles. The van der Waals surface area contributed by atoms with Crippen LogP contribution in [0.15, 0.2) is 30.5 Å². The fourth-order valence-corrected chi connectivity index (χ4v) is 7.54. The summed E-state index contributed by atoms with van der Waals surface area (Å²) in [5.74, 6) is -1.07. The Hall–Kier alpha value is -4.96. The minimum atomic E-state index is -1.04. The van der Waals surface area contributed by atoms with Crippen molar-refractivity contribution in [2.45, 2.75) is 78.3 Å². The molecule has 1 atom stereocenters. The number of carbonyl (C=O) groups is 4. The number of amides is 3. The van der Waals surface area contributed by atoms with Crippen LogP contribution in [0.1, 0.15) is 75.6 Å². The van der Waals surface area contributed by atoms with E-state index < -0.39 is 17.8 Å². The van der Waals surface area contributed by atoms with Crippen molar-refractivity contribution in [3.63, 3.8) is 0 Å². The second kappa shape index (κ2) is 32.7. The second-order valence-corrected chi connectivity index (χ2v) is 16.6. The molecule has 0 aliphatic carbocycles. The number of aliphatic carboxylic acids is 1. The van der Waals surface area contributed by atoms with Crippen molar-refractivity contribution in [2.24, 2.45) is 5.92 Å². The average Bonchev–Trinajstić information content (AvgIpc) is 3.73. The first-order valence-electron chi connectivity index (χ1n) is 24.1. The summed E-state index contributed by atoms with van der Waals surface area (Å²) in [5, 5.41) is 14.0. The predicted molar refractivity (Wildman–Crippen MR) is 255 cm³/mol.